The molecule has 1 heterocycles. The summed E-state index contributed by atoms with van der Waals surface area (Å²) in [6.07, 6.45) is 3.89. The summed E-state index contributed by atoms with van der Waals surface area (Å²) < 4.78 is 1.17. The van der Waals surface area contributed by atoms with Gasteiger partial charge in [0.15, 0.2) is 0 Å². The van der Waals surface area contributed by atoms with Gasteiger partial charge in [-0.25, -0.2) is 0 Å². The molecule has 1 aromatic carbocycles. The maximum absolute atomic E-state index is 4.07. The Morgan fingerprint density at radius 1 is 1.27 bits per heavy atom. The third-order valence-corrected chi connectivity index (χ3v) is 3.62. The van der Waals surface area contributed by atoms with E-state index in [1.54, 1.807) is 0 Å². The van der Waals surface area contributed by atoms with Crippen molar-refractivity contribution in [1.29, 1.82) is 0 Å². The molecule has 1 nitrogen and oxygen atoms in total. The van der Waals surface area contributed by atoms with Crippen molar-refractivity contribution < 1.29 is 0 Å². The molecule has 1 atom stereocenters. The average molecular weight is 313 g/mol. The highest BCUT2D eigenvalue weighted by atomic mass is 127. The van der Waals surface area contributed by atoms with Gasteiger partial charge in [-0.15, -0.1) is 0 Å². The van der Waals surface area contributed by atoms with E-state index in [-0.39, 0.29) is 0 Å². The van der Waals surface area contributed by atoms with Crippen LogP contribution in [0.1, 0.15) is 30.9 Å². The Morgan fingerprint density at radius 2 is 2.00 bits per heavy atom. The molecular weight excluding hydrogens is 297 g/mol. The first kappa shape index (κ1) is 11.0. The van der Waals surface area contributed by atoms with Crippen LogP contribution < -0.4 is 0 Å². The van der Waals surface area contributed by atoms with Crippen LogP contribution >= 0.6 is 22.6 Å². The van der Waals surface area contributed by atoms with Crippen molar-refractivity contribution in [2.24, 2.45) is 0 Å². The van der Waals surface area contributed by atoms with E-state index in [0.717, 1.165) is 6.54 Å². The van der Waals surface area contributed by atoms with Crippen LogP contribution in [-0.2, 0) is 0 Å². The molecule has 0 aliphatic carbocycles. The largest absolute Gasteiger partial charge is 0.360 e. The van der Waals surface area contributed by atoms with E-state index < -0.39 is 0 Å². The molecule has 0 spiro atoms. The zero-order valence-corrected chi connectivity index (χ0v) is 11.0. The number of piperidine rings is 1. The standard InChI is InChI=1S/C13H16IN/c1-11(14)15-10-6-5-9-13(15)12-7-3-2-4-8-12/h2-4,7-8,13H,1,5-6,9-10H2. The molecule has 1 aromatic rings. The molecule has 1 aliphatic heterocycles. The number of rotatable bonds is 2. The summed E-state index contributed by atoms with van der Waals surface area (Å²) in [5.41, 5.74) is 1.43. The van der Waals surface area contributed by atoms with Crippen LogP contribution in [0.25, 0.3) is 0 Å². The molecule has 0 saturated carbocycles. The molecule has 0 radical (unpaired) electrons. The number of benzene rings is 1. The summed E-state index contributed by atoms with van der Waals surface area (Å²) >= 11 is 2.34. The van der Waals surface area contributed by atoms with Crippen LogP contribution in [0, 0.1) is 0 Å². The van der Waals surface area contributed by atoms with Gasteiger partial charge in [-0.3, -0.25) is 0 Å². The van der Waals surface area contributed by atoms with Crippen LogP contribution in [0.4, 0.5) is 0 Å². The summed E-state index contributed by atoms with van der Waals surface area (Å²) in [5, 5.41) is 0. The lowest BCUT2D eigenvalue weighted by atomic mass is 9.96. The number of likely N-dealkylation sites (tertiary alicyclic amines) is 1. The van der Waals surface area contributed by atoms with E-state index in [1.807, 2.05) is 0 Å². The predicted octanol–water partition coefficient (Wildman–Crippen LogP) is 4.12. The first-order valence-corrected chi connectivity index (χ1v) is 6.53. The lowest BCUT2D eigenvalue weighted by Gasteiger charge is -2.37. The number of hydrogen-bond donors (Lipinski definition) is 0. The van der Waals surface area contributed by atoms with E-state index in [2.05, 4.69) is 64.4 Å². The minimum absolute atomic E-state index is 0.546. The van der Waals surface area contributed by atoms with Crippen molar-refractivity contribution in [2.75, 3.05) is 6.54 Å². The summed E-state index contributed by atoms with van der Waals surface area (Å²) in [6.45, 7) is 5.22. The van der Waals surface area contributed by atoms with Gasteiger partial charge in [-0.2, -0.15) is 0 Å². The fraction of sp³-hybridized carbons (Fsp3) is 0.385. The molecule has 15 heavy (non-hydrogen) atoms. The highest BCUT2D eigenvalue weighted by Gasteiger charge is 2.23. The molecule has 1 aliphatic rings. The first-order chi connectivity index (χ1) is 7.29. The van der Waals surface area contributed by atoms with E-state index in [9.17, 15) is 0 Å². The lowest BCUT2D eigenvalue weighted by molar-refractivity contribution is 0.213. The van der Waals surface area contributed by atoms with Crippen molar-refractivity contribution in [3.63, 3.8) is 0 Å². The highest BCUT2D eigenvalue weighted by Crippen LogP contribution is 2.34. The SMILES string of the molecule is C=C(I)N1CCCCC1c1ccccc1. The van der Waals surface area contributed by atoms with Crippen molar-refractivity contribution in [3.05, 3.63) is 46.2 Å². The average Bonchev–Trinajstić information content (AvgIpc) is 2.30. The second kappa shape index (κ2) is 5.01. The van der Waals surface area contributed by atoms with E-state index in [4.69, 9.17) is 0 Å². The van der Waals surface area contributed by atoms with Gasteiger partial charge in [0, 0.05) is 6.54 Å². The van der Waals surface area contributed by atoms with Gasteiger partial charge in [0.05, 0.1) is 9.75 Å². The quantitative estimate of drug-likeness (QED) is 0.586. The van der Waals surface area contributed by atoms with Gasteiger partial charge < -0.3 is 4.90 Å². The predicted molar refractivity (Wildman–Crippen MR) is 72.9 cm³/mol. The minimum atomic E-state index is 0.546. The summed E-state index contributed by atoms with van der Waals surface area (Å²) in [5.74, 6) is 0. The van der Waals surface area contributed by atoms with Crippen LogP contribution in [0.15, 0.2) is 40.6 Å². The van der Waals surface area contributed by atoms with E-state index >= 15 is 0 Å². The van der Waals surface area contributed by atoms with Gasteiger partial charge >= 0.3 is 0 Å². The van der Waals surface area contributed by atoms with Crippen LogP contribution in [0.2, 0.25) is 0 Å². The molecule has 0 amide bonds. The Morgan fingerprint density at radius 3 is 2.67 bits per heavy atom. The molecule has 0 aromatic heterocycles. The smallest absolute Gasteiger partial charge is 0.0690 e. The number of halogens is 1. The van der Waals surface area contributed by atoms with E-state index in [1.165, 1.54) is 28.5 Å². The van der Waals surface area contributed by atoms with Crippen molar-refractivity contribution in [3.8, 4) is 0 Å². The van der Waals surface area contributed by atoms with Gasteiger partial charge in [0.2, 0.25) is 0 Å². The molecule has 2 rings (SSSR count). The lowest BCUT2D eigenvalue weighted by Crippen LogP contribution is -2.30. The van der Waals surface area contributed by atoms with Crippen molar-refractivity contribution in [1.82, 2.24) is 4.90 Å². The zero-order chi connectivity index (χ0) is 10.7. The van der Waals surface area contributed by atoms with E-state index in [0.29, 0.717) is 6.04 Å². The number of hydrogen-bond acceptors (Lipinski definition) is 1. The minimum Gasteiger partial charge on any atom is -0.360 e. The van der Waals surface area contributed by atoms with Crippen molar-refractivity contribution >= 4 is 22.6 Å². The Bertz CT molecular complexity index is 334. The molecule has 80 valence electrons. The zero-order valence-electron chi connectivity index (χ0n) is 8.82. The molecule has 0 N–H and O–H groups in total. The maximum Gasteiger partial charge on any atom is 0.0690 e. The molecule has 1 fully saturated rings. The Kier molecular flexibility index (Phi) is 3.67. The first-order valence-electron chi connectivity index (χ1n) is 5.45. The Labute approximate surface area is 105 Å². The second-order valence-corrected chi connectivity index (χ2v) is 5.24. The van der Waals surface area contributed by atoms with Crippen LogP contribution in [0.5, 0.6) is 0 Å². The summed E-state index contributed by atoms with van der Waals surface area (Å²) in [4.78, 5) is 2.43. The maximum atomic E-state index is 4.07. The summed E-state index contributed by atoms with van der Waals surface area (Å²) in [6, 6.07) is 11.3. The third kappa shape index (κ3) is 2.54. The summed E-state index contributed by atoms with van der Waals surface area (Å²) in [7, 11) is 0. The topological polar surface area (TPSA) is 3.24 Å². The normalized spacial score (nSPS) is 21.4. The fourth-order valence-electron chi connectivity index (χ4n) is 2.24. The van der Waals surface area contributed by atoms with Crippen molar-refractivity contribution in [2.45, 2.75) is 25.3 Å². The van der Waals surface area contributed by atoms with Crippen LogP contribution in [-0.4, -0.2) is 11.4 Å². The van der Waals surface area contributed by atoms with Gasteiger partial charge in [0.1, 0.15) is 0 Å². The third-order valence-electron chi connectivity index (χ3n) is 3.00. The Hall–Kier alpha value is -0.510. The highest BCUT2D eigenvalue weighted by molar-refractivity contribution is 14.1. The molecular formula is C13H16IN. The van der Waals surface area contributed by atoms with Crippen LogP contribution in [0.3, 0.4) is 0 Å². The van der Waals surface area contributed by atoms with Gasteiger partial charge in [-0.05, 0) is 47.4 Å². The Balaban J connectivity index is 2.22. The molecule has 1 unspecified atom stereocenters. The number of nitrogens with zero attached hydrogens (tertiary/aromatic N) is 1. The molecule has 2 heteroatoms. The molecule has 1 saturated heterocycles. The second-order valence-electron chi connectivity index (χ2n) is 3.99. The van der Waals surface area contributed by atoms with Gasteiger partial charge in [-0.1, -0.05) is 36.9 Å². The fourth-order valence-corrected chi connectivity index (χ4v) is 2.82. The van der Waals surface area contributed by atoms with Gasteiger partial charge in [0.25, 0.3) is 0 Å². The molecule has 0 bridgehead atoms. The monoisotopic (exact) mass is 313 g/mol.